The number of nitrogens with one attached hydrogen (secondary N) is 1. The van der Waals surface area contributed by atoms with E-state index >= 15 is 0 Å². The lowest BCUT2D eigenvalue weighted by molar-refractivity contribution is 0.159. The number of benzene rings is 2. The molecule has 1 N–H and O–H groups in total. The van der Waals surface area contributed by atoms with Gasteiger partial charge in [0.2, 0.25) is 0 Å². The fourth-order valence-electron chi connectivity index (χ4n) is 4.51. The van der Waals surface area contributed by atoms with Crippen LogP contribution in [0.5, 0.6) is 11.5 Å². The van der Waals surface area contributed by atoms with Crippen LogP contribution in [-0.4, -0.2) is 30.6 Å². The van der Waals surface area contributed by atoms with Crippen LogP contribution in [0.15, 0.2) is 33.5 Å². The molecular weight excluding hydrogens is 332 g/mol. The molecule has 0 aliphatic carbocycles. The van der Waals surface area contributed by atoms with Crippen LogP contribution < -0.4 is 15.2 Å². The van der Waals surface area contributed by atoms with Gasteiger partial charge < -0.3 is 13.9 Å². The van der Waals surface area contributed by atoms with Crippen LogP contribution in [0, 0.1) is 0 Å². The third-order valence-electron chi connectivity index (χ3n) is 5.69. The average molecular weight is 352 g/mol. The smallest absolute Gasteiger partial charge is 0.417 e. The molecule has 0 amide bonds. The van der Waals surface area contributed by atoms with Crippen molar-refractivity contribution >= 4 is 11.1 Å². The van der Waals surface area contributed by atoms with Gasteiger partial charge in [-0.3, -0.25) is 9.88 Å². The molecule has 3 aromatic rings. The van der Waals surface area contributed by atoms with E-state index in [1.165, 1.54) is 22.3 Å². The minimum absolute atomic E-state index is 0.223. The molecule has 134 valence electrons. The molecule has 0 fully saturated rings. The zero-order chi connectivity index (χ0) is 17.8. The first-order chi connectivity index (χ1) is 12.7. The lowest BCUT2D eigenvalue weighted by atomic mass is 9.83. The topological polar surface area (TPSA) is 67.7 Å². The van der Waals surface area contributed by atoms with Gasteiger partial charge in [0.25, 0.3) is 0 Å². The Morgan fingerprint density at radius 2 is 2.00 bits per heavy atom. The number of ether oxygens (including phenoxy) is 2. The van der Waals surface area contributed by atoms with Crippen LogP contribution in [0.2, 0.25) is 0 Å². The summed E-state index contributed by atoms with van der Waals surface area (Å²) in [6.07, 6.45) is 1.83. The van der Waals surface area contributed by atoms with Gasteiger partial charge in [-0.05, 0) is 36.1 Å². The minimum Gasteiger partial charge on any atom is -0.493 e. The number of aromatic nitrogens is 1. The summed E-state index contributed by atoms with van der Waals surface area (Å²) >= 11 is 0. The van der Waals surface area contributed by atoms with E-state index < -0.39 is 5.76 Å². The first kappa shape index (κ1) is 15.5. The molecule has 0 spiro atoms. The number of hydrogen-bond acceptors (Lipinski definition) is 5. The van der Waals surface area contributed by atoms with Crippen molar-refractivity contribution in [3.05, 3.63) is 57.1 Å². The van der Waals surface area contributed by atoms with Crippen LogP contribution >= 0.6 is 0 Å². The predicted octanol–water partition coefficient (Wildman–Crippen LogP) is 2.79. The Morgan fingerprint density at radius 1 is 1.15 bits per heavy atom. The summed E-state index contributed by atoms with van der Waals surface area (Å²) in [5.41, 5.74) is 6.42. The van der Waals surface area contributed by atoms with Crippen molar-refractivity contribution in [2.24, 2.45) is 0 Å². The molecule has 2 aliphatic heterocycles. The number of oxazole rings is 1. The maximum Gasteiger partial charge on any atom is 0.417 e. The maximum atomic E-state index is 11.7. The molecule has 0 saturated heterocycles. The SMILES string of the molecule is COc1ccc2c(c1OC)CN1CCc3ccc4oc(=O)[nH]c4c3C1C2. The van der Waals surface area contributed by atoms with Gasteiger partial charge >= 0.3 is 5.76 Å². The number of aromatic amines is 1. The molecule has 1 atom stereocenters. The molecule has 2 aliphatic rings. The second-order valence-electron chi connectivity index (χ2n) is 6.91. The second-order valence-corrected chi connectivity index (χ2v) is 6.91. The Hall–Kier alpha value is -2.73. The zero-order valence-corrected chi connectivity index (χ0v) is 14.8. The normalized spacial score (nSPS) is 18.9. The number of nitrogens with zero attached hydrogens (tertiary/aromatic N) is 1. The number of hydrogen-bond donors (Lipinski definition) is 1. The third kappa shape index (κ3) is 2.12. The highest BCUT2D eigenvalue weighted by Gasteiger charge is 2.35. The molecular formula is C20H20N2O4. The van der Waals surface area contributed by atoms with E-state index in [-0.39, 0.29) is 6.04 Å². The van der Waals surface area contributed by atoms with E-state index in [9.17, 15) is 4.79 Å². The summed E-state index contributed by atoms with van der Waals surface area (Å²) in [5.74, 6) is 1.20. The van der Waals surface area contributed by atoms with Gasteiger partial charge in [-0.2, -0.15) is 0 Å². The van der Waals surface area contributed by atoms with Gasteiger partial charge in [0.05, 0.1) is 19.7 Å². The Morgan fingerprint density at radius 3 is 2.81 bits per heavy atom. The Balaban J connectivity index is 1.66. The molecule has 6 nitrogen and oxygen atoms in total. The number of H-pyrrole nitrogens is 1. The van der Waals surface area contributed by atoms with Gasteiger partial charge in [0, 0.05) is 30.3 Å². The maximum absolute atomic E-state index is 11.7. The van der Waals surface area contributed by atoms with Gasteiger partial charge in [0.1, 0.15) is 0 Å². The quantitative estimate of drug-likeness (QED) is 0.768. The van der Waals surface area contributed by atoms with Crippen LogP contribution in [0.3, 0.4) is 0 Å². The largest absolute Gasteiger partial charge is 0.493 e. The van der Waals surface area contributed by atoms with E-state index in [1.54, 1.807) is 14.2 Å². The molecule has 5 rings (SSSR count). The summed E-state index contributed by atoms with van der Waals surface area (Å²) in [5, 5.41) is 0. The molecule has 0 radical (unpaired) electrons. The van der Waals surface area contributed by atoms with Crippen molar-refractivity contribution in [3.63, 3.8) is 0 Å². The Kier molecular flexibility index (Phi) is 3.37. The van der Waals surface area contributed by atoms with Crippen molar-refractivity contribution in [2.75, 3.05) is 20.8 Å². The van der Waals surface area contributed by atoms with Crippen molar-refractivity contribution in [2.45, 2.75) is 25.4 Å². The average Bonchev–Trinajstić information content (AvgIpc) is 3.05. The van der Waals surface area contributed by atoms with Crippen molar-refractivity contribution in [1.29, 1.82) is 0 Å². The number of rotatable bonds is 2. The fourth-order valence-corrected chi connectivity index (χ4v) is 4.51. The highest BCUT2D eigenvalue weighted by molar-refractivity contribution is 5.79. The zero-order valence-electron chi connectivity index (χ0n) is 14.8. The third-order valence-corrected chi connectivity index (χ3v) is 5.69. The van der Waals surface area contributed by atoms with Crippen molar-refractivity contribution in [1.82, 2.24) is 9.88 Å². The lowest BCUT2D eigenvalue weighted by Gasteiger charge is -2.41. The standard InChI is InChI=1S/C20H20N2O4/c1-24-16-6-4-12-9-14-17-11(3-5-15-18(17)21-20(23)26-15)7-8-22(14)10-13(12)19(16)25-2/h3-6,14H,7-10H2,1-2H3,(H,21,23). The van der Waals surface area contributed by atoms with Gasteiger partial charge in [-0.1, -0.05) is 12.1 Å². The van der Waals surface area contributed by atoms with Gasteiger partial charge in [0.15, 0.2) is 17.1 Å². The number of fused-ring (bicyclic) bond motifs is 6. The van der Waals surface area contributed by atoms with Crippen LogP contribution in [0.4, 0.5) is 0 Å². The Labute approximate surface area is 150 Å². The second kappa shape index (κ2) is 5.64. The molecule has 2 aromatic carbocycles. The summed E-state index contributed by atoms with van der Waals surface area (Å²) in [4.78, 5) is 17.1. The lowest BCUT2D eigenvalue weighted by Crippen LogP contribution is -2.39. The Bertz CT molecular complexity index is 1070. The highest BCUT2D eigenvalue weighted by Crippen LogP contribution is 2.44. The summed E-state index contributed by atoms with van der Waals surface area (Å²) in [7, 11) is 3.36. The highest BCUT2D eigenvalue weighted by atomic mass is 16.5. The molecule has 1 unspecified atom stereocenters. The first-order valence-electron chi connectivity index (χ1n) is 8.81. The fraction of sp³-hybridized carbons (Fsp3) is 0.350. The van der Waals surface area contributed by atoms with E-state index in [1.807, 2.05) is 12.1 Å². The number of methoxy groups -OCH3 is 2. The molecule has 26 heavy (non-hydrogen) atoms. The predicted molar refractivity (Wildman–Crippen MR) is 96.9 cm³/mol. The van der Waals surface area contributed by atoms with Gasteiger partial charge in [-0.15, -0.1) is 0 Å². The van der Waals surface area contributed by atoms with Crippen LogP contribution in [0.1, 0.15) is 28.3 Å². The van der Waals surface area contributed by atoms with Crippen molar-refractivity contribution < 1.29 is 13.9 Å². The van der Waals surface area contributed by atoms with Crippen molar-refractivity contribution in [3.8, 4) is 11.5 Å². The van der Waals surface area contributed by atoms with E-state index in [4.69, 9.17) is 13.9 Å². The van der Waals surface area contributed by atoms with E-state index in [2.05, 4.69) is 22.0 Å². The summed E-state index contributed by atoms with van der Waals surface area (Å²) in [6, 6.07) is 8.31. The molecule has 6 heteroatoms. The summed E-state index contributed by atoms with van der Waals surface area (Å²) < 4.78 is 16.4. The minimum atomic E-state index is -0.395. The monoisotopic (exact) mass is 352 g/mol. The van der Waals surface area contributed by atoms with E-state index in [0.29, 0.717) is 5.58 Å². The first-order valence-corrected chi connectivity index (χ1v) is 8.81. The molecule has 0 bridgehead atoms. The van der Waals surface area contributed by atoms with Gasteiger partial charge in [-0.25, -0.2) is 4.79 Å². The van der Waals surface area contributed by atoms with Crippen LogP contribution in [0.25, 0.3) is 11.1 Å². The molecule has 3 heterocycles. The van der Waals surface area contributed by atoms with E-state index in [0.717, 1.165) is 42.9 Å². The van der Waals surface area contributed by atoms with Crippen LogP contribution in [-0.2, 0) is 19.4 Å². The molecule has 1 aromatic heterocycles. The molecule has 0 saturated carbocycles. The summed E-state index contributed by atoms with van der Waals surface area (Å²) in [6.45, 7) is 1.78.